The minimum atomic E-state index is -1.59. The molecule has 1 aromatic heterocycles. The van der Waals surface area contributed by atoms with E-state index in [1.165, 1.54) is 18.0 Å². The Morgan fingerprint density at radius 1 is 1.00 bits per heavy atom. The normalized spacial score (nSPS) is 22.5. The molecule has 1 aliphatic rings. The van der Waals surface area contributed by atoms with Gasteiger partial charge in [0.1, 0.15) is 23.9 Å². The number of hydrogen-bond acceptors (Lipinski definition) is 7. The standard InChI is InChI=1S/C30H28F3N3O5/c1-38-30(18-37)19-41-26(17-39-15-20-8-4-2-5-9-20)28(40-16-21-10-6-3-7-11-21)29(30)36-14-25(34-35-36)22-12-23(31)27(33)24(32)13-22/h2-14,18,26,28-29H,15-17,19H2,1H3/t26?,28-,29?,30?/m0/s1. The van der Waals surface area contributed by atoms with Crippen LogP contribution in [-0.4, -0.2) is 59.4 Å². The van der Waals surface area contributed by atoms with Gasteiger partial charge in [-0.1, -0.05) is 65.9 Å². The molecule has 5 rings (SSSR count). The van der Waals surface area contributed by atoms with E-state index in [0.29, 0.717) is 12.9 Å². The maximum Gasteiger partial charge on any atom is 0.194 e. The number of carbonyl (C=O) groups excluding carboxylic acids is 1. The second-order valence-electron chi connectivity index (χ2n) is 9.67. The fourth-order valence-electron chi connectivity index (χ4n) is 4.83. The van der Waals surface area contributed by atoms with Crippen LogP contribution in [0.15, 0.2) is 79.0 Å². The molecule has 0 aliphatic carbocycles. The van der Waals surface area contributed by atoms with E-state index < -0.39 is 41.3 Å². The van der Waals surface area contributed by atoms with E-state index >= 15 is 0 Å². The Labute approximate surface area is 234 Å². The van der Waals surface area contributed by atoms with Crippen molar-refractivity contribution < 1.29 is 36.9 Å². The first-order valence-corrected chi connectivity index (χ1v) is 12.9. The number of aldehydes is 1. The van der Waals surface area contributed by atoms with Crippen molar-refractivity contribution >= 4 is 6.29 Å². The molecule has 4 atom stereocenters. The SMILES string of the molecule is COC1(C=O)COC(COCc2ccccc2)[C@H](OCc2ccccc2)C1n1cc(-c2cc(F)c(F)c(F)c2)nn1. The van der Waals surface area contributed by atoms with Crippen LogP contribution in [0.2, 0.25) is 0 Å². The molecular weight excluding hydrogens is 539 g/mol. The summed E-state index contributed by atoms with van der Waals surface area (Å²) in [7, 11) is 1.37. The van der Waals surface area contributed by atoms with E-state index in [9.17, 15) is 18.0 Å². The average Bonchev–Trinajstić information content (AvgIpc) is 3.49. The van der Waals surface area contributed by atoms with Gasteiger partial charge in [-0.25, -0.2) is 17.9 Å². The van der Waals surface area contributed by atoms with Gasteiger partial charge in [0.15, 0.2) is 29.3 Å². The van der Waals surface area contributed by atoms with Gasteiger partial charge in [-0.15, -0.1) is 5.10 Å². The van der Waals surface area contributed by atoms with E-state index in [0.717, 1.165) is 23.3 Å². The number of aromatic nitrogens is 3. The Kier molecular flexibility index (Phi) is 8.89. The topological polar surface area (TPSA) is 84.7 Å². The quantitative estimate of drug-likeness (QED) is 0.192. The molecule has 0 radical (unpaired) electrons. The Balaban J connectivity index is 1.48. The Hall–Kier alpha value is -3.90. The Morgan fingerprint density at radius 3 is 2.24 bits per heavy atom. The van der Waals surface area contributed by atoms with E-state index in [1.807, 2.05) is 60.7 Å². The van der Waals surface area contributed by atoms with Crippen LogP contribution in [0.5, 0.6) is 0 Å². The molecule has 1 aliphatic heterocycles. The van der Waals surface area contributed by atoms with Crippen LogP contribution in [0.4, 0.5) is 13.2 Å². The summed E-state index contributed by atoms with van der Waals surface area (Å²) in [5.74, 6) is -4.31. The third-order valence-corrected chi connectivity index (χ3v) is 7.03. The van der Waals surface area contributed by atoms with E-state index in [-0.39, 0.29) is 31.1 Å². The van der Waals surface area contributed by atoms with Gasteiger partial charge in [0.2, 0.25) is 0 Å². The largest absolute Gasteiger partial charge is 0.374 e. The molecule has 0 amide bonds. The van der Waals surface area contributed by atoms with Crippen molar-refractivity contribution in [3.63, 3.8) is 0 Å². The lowest BCUT2D eigenvalue weighted by atomic mass is 9.86. The van der Waals surface area contributed by atoms with E-state index in [1.54, 1.807) is 0 Å². The molecule has 0 bridgehead atoms. The summed E-state index contributed by atoms with van der Waals surface area (Å²) in [5.41, 5.74) is 0.343. The first-order chi connectivity index (χ1) is 19.9. The van der Waals surface area contributed by atoms with Gasteiger partial charge in [-0.2, -0.15) is 0 Å². The summed E-state index contributed by atoms with van der Waals surface area (Å²) in [4.78, 5) is 12.5. The molecule has 3 aromatic carbocycles. The molecule has 1 fully saturated rings. The molecule has 8 nitrogen and oxygen atoms in total. The van der Waals surface area contributed by atoms with Crippen molar-refractivity contribution in [1.82, 2.24) is 15.0 Å². The highest BCUT2D eigenvalue weighted by molar-refractivity contribution is 5.65. The Bertz CT molecular complexity index is 1430. The lowest BCUT2D eigenvalue weighted by molar-refractivity contribution is -0.230. The highest BCUT2D eigenvalue weighted by Crippen LogP contribution is 2.38. The molecule has 0 saturated carbocycles. The summed E-state index contributed by atoms with van der Waals surface area (Å²) in [5, 5.41) is 8.21. The predicted octanol–water partition coefficient (Wildman–Crippen LogP) is 4.69. The third-order valence-electron chi connectivity index (χ3n) is 7.03. The number of hydrogen-bond donors (Lipinski definition) is 0. The van der Waals surface area contributed by atoms with Crippen LogP contribution in [0.25, 0.3) is 11.3 Å². The molecule has 41 heavy (non-hydrogen) atoms. The number of nitrogens with zero attached hydrogens (tertiary/aromatic N) is 3. The van der Waals surface area contributed by atoms with E-state index in [4.69, 9.17) is 18.9 Å². The van der Waals surface area contributed by atoms with Gasteiger partial charge >= 0.3 is 0 Å². The van der Waals surface area contributed by atoms with Crippen molar-refractivity contribution in [2.24, 2.45) is 0 Å². The zero-order valence-corrected chi connectivity index (χ0v) is 22.2. The smallest absolute Gasteiger partial charge is 0.194 e. The highest BCUT2D eigenvalue weighted by Gasteiger charge is 2.54. The van der Waals surface area contributed by atoms with Crippen molar-refractivity contribution in [1.29, 1.82) is 0 Å². The van der Waals surface area contributed by atoms with Gasteiger partial charge in [0, 0.05) is 12.7 Å². The number of halogens is 3. The molecule has 1 saturated heterocycles. The zero-order chi connectivity index (χ0) is 28.8. The van der Waals surface area contributed by atoms with Crippen molar-refractivity contribution in [3.05, 3.63) is 108 Å². The number of benzene rings is 3. The second kappa shape index (κ2) is 12.7. The minimum absolute atomic E-state index is 0.0293. The first-order valence-electron chi connectivity index (χ1n) is 12.9. The predicted molar refractivity (Wildman–Crippen MR) is 141 cm³/mol. The lowest BCUT2D eigenvalue weighted by Crippen LogP contribution is -2.61. The second-order valence-corrected chi connectivity index (χ2v) is 9.67. The molecule has 2 heterocycles. The number of carbonyl (C=O) groups is 1. The number of ether oxygens (including phenoxy) is 4. The van der Waals surface area contributed by atoms with Crippen molar-refractivity contribution in [2.75, 3.05) is 20.3 Å². The summed E-state index contributed by atoms with van der Waals surface area (Å²) in [6, 6.07) is 19.8. The highest BCUT2D eigenvalue weighted by atomic mass is 19.2. The van der Waals surface area contributed by atoms with Gasteiger partial charge in [-0.05, 0) is 23.3 Å². The maximum atomic E-state index is 13.9. The summed E-state index contributed by atoms with van der Waals surface area (Å²) >= 11 is 0. The van der Waals surface area contributed by atoms with Crippen molar-refractivity contribution in [2.45, 2.75) is 37.1 Å². The molecule has 3 unspecified atom stereocenters. The monoisotopic (exact) mass is 567 g/mol. The molecule has 11 heteroatoms. The van der Waals surface area contributed by atoms with Crippen LogP contribution in [0, 0.1) is 17.5 Å². The van der Waals surface area contributed by atoms with Crippen LogP contribution in [-0.2, 0) is 37.0 Å². The summed E-state index contributed by atoms with van der Waals surface area (Å²) in [6.07, 6.45) is 0.543. The Morgan fingerprint density at radius 2 is 1.63 bits per heavy atom. The van der Waals surface area contributed by atoms with Gasteiger partial charge in [-0.3, -0.25) is 4.79 Å². The average molecular weight is 568 g/mol. The fraction of sp³-hybridized carbons (Fsp3) is 0.300. The molecular formula is C30H28F3N3O5. The summed E-state index contributed by atoms with van der Waals surface area (Å²) in [6.45, 7) is 0.487. The van der Waals surface area contributed by atoms with Crippen molar-refractivity contribution in [3.8, 4) is 11.3 Å². The third kappa shape index (κ3) is 6.23. The number of rotatable bonds is 11. The van der Waals surface area contributed by atoms with Crippen LogP contribution in [0.1, 0.15) is 17.2 Å². The number of methoxy groups -OCH3 is 1. The lowest BCUT2D eigenvalue weighted by Gasteiger charge is -2.46. The molecule has 214 valence electrons. The van der Waals surface area contributed by atoms with Crippen LogP contribution in [0.3, 0.4) is 0 Å². The molecule has 4 aromatic rings. The van der Waals surface area contributed by atoms with Gasteiger partial charge < -0.3 is 18.9 Å². The fourth-order valence-corrected chi connectivity index (χ4v) is 4.83. The first kappa shape index (κ1) is 28.6. The molecule has 0 N–H and O–H groups in total. The van der Waals surface area contributed by atoms with Crippen LogP contribution < -0.4 is 0 Å². The van der Waals surface area contributed by atoms with Crippen LogP contribution >= 0.6 is 0 Å². The summed E-state index contributed by atoms with van der Waals surface area (Å²) < 4.78 is 67.0. The van der Waals surface area contributed by atoms with E-state index in [2.05, 4.69) is 10.3 Å². The van der Waals surface area contributed by atoms with Gasteiger partial charge in [0.25, 0.3) is 0 Å². The zero-order valence-electron chi connectivity index (χ0n) is 22.2. The maximum absolute atomic E-state index is 13.9. The minimum Gasteiger partial charge on any atom is -0.374 e. The van der Waals surface area contributed by atoms with Gasteiger partial charge in [0.05, 0.1) is 32.6 Å². The molecule has 0 spiro atoms.